The van der Waals surface area contributed by atoms with E-state index in [1.165, 1.54) is 5.56 Å². The molecule has 1 heterocycles. The zero-order valence-electron chi connectivity index (χ0n) is 6.55. The maximum atomic E-state index is 4.06. The van der Waals surface area contributed by atoms with Crippen LogP contribution in [0.15, 0.2) is 12.4 Å². The molecule has 0 aromatic carbocycles. The number of nitrogens with one attached hydrogen (secondary N) is 1. The van der Waals surface area contributed by atoms with Crippen LogP contribution in [0.1, 0.15) is 5.56 Å². The van der Waals surface area contributed by atoms with Crippen LogP contribution in [0.2, 0.25) is 0 Å². The van der Waals surface area contributed by atoms with Gasteiger partial charge in [0.15, 0.2) is 0 Å². The van der Waals surface area contributed by atoms with Crippen LogP contribution in [-0.4, -0.2) is 21.7 Å². The van der Waals surface area contributed by atoms with Gasteiger partial charge in [-0.3, -0.25) is 4.68 Å². The zero-order valence-corrected chi connectivity index (χ0v) is 8.13. The molecule has 0 saturated heterocycles. The number of aromatic nitrogens is 2. The lowest BCUT2D eigenvalue weighted by Gasteiger charge is -1.97. The van der Waals surface area contributed by atoms with Crippen molar-refractivity contribution in [3.8, 4) is 0 Å². The van der Waals surface area contributed by atoms with Crippen molar-refractivity contribution >= 4 is 15.9 Å². The Morgan fingerprint density at radius 1 is 1.73 bits per heavy atom. The second-order valence-corrected chi connectivity index (χ2v) is 3.18. The van der Waals surface area contributed by atoms with Gasteiger partial charge in [-0.2, -0.15) is 5.10 Å². The van der Waals surface area contributed by atoms with E-state index in [1.807, 2.05) is 24.1 Å². The van der Waals surface area contributed by atoms with Gasteiger partial charge >= 0.3 is 0 Å². The average Bonchev–Trinajstić information content (AvgIpc) is 2.37. The summed E-state index contributed by atoms with van der Waals surface area (Å²) < 4.78 is 1.81. The van der Waals surface area contributed by atoms with Crippen LogP contribution in [0.5, 0.6) is 0 Å². The minimum atomic E-state index is 0.902. The van der Waals surface area contributed by atoms with E-state index in [9.17, 15) is 0 Å². The molecular formula is C7H12BrN3. The van der Waals surface area contributed by atoms with Crippen molar-refractivity contribution in [1.82, 2.24) is 15.1 Å². The van der Waals surface area contributed by atoms with E-state index in [0.29, 0.717) is 0 Å². The Kier molecular flexibility index (Phi) is 3.59. The Hall–Kier alpha value is -0.350. The van der Waals surface area contributed by atoms with Gasteiger partial charge in [-0.1, -0.05) is 15.9 Å². The molecule has 0 aliphatic heterocycles. The number of hydrogen-bond donors (Lipinski definition) is 1. The molecule has 0 spiro atoms. The third kappa shape index (κ3) is 3.03. The van der Waals surface area contributed by atoms with Gasteiger partial charge in [0, 0.05) is 37.2 Å². The fourth-order valence-electron chi connectivity index (χ4n) is 0.863. The summed E-state index contributed by atoms with van der Waals surface area (Å²) in [5, 5.41) is 8.32. The molecule has 1 N–H and O–H groups in total. The van der Waals surface area contributed by atoms with Crippen LogP contribution in [-0.2, 0) is 13.6 Å². The first-order valence-corrected chi connectivity index (χ1v) is 4.69. The van der Waals surface area contributed by atoms with Crippen LogP contribution in [0.25, 0.3) is 0 Å². The molecule has 0 aliphatic carbocycles. The molecule has 0 saturated carbocycles. The van der Waals surface area contributed by atoms with Crippen LogP contribution in [0, 0.1) is 0 Å². The molecule has 11 heavy (non-hydrogen) atoms. The Morgan fingerprint density at radius 2 is 2.55 bits per heavy atom. The summed E-state index contributed by atoms with van der Waals surface area (Å²) in [6.45, 7) is 1.90. The third-order valence-corrected chi connectivity index (χ3v) is 1.76. The predicted octanol–water partition coefficient (Wildman–Crippen LogP) is 0.905. The maximum absolute atomic E-state index is 4.06. The molecule has 1 aromatic heterocycles. The molecule has 0 fully saturated rings. The SMILES string of the molecule is Cn1cc(CNCCBr)cn1. The fraction of sp³-hybridized carbons (Fsp3) is 0.571. The maximum Gasteiger partial charge on any atom is 0.0534 e. The molecule has 1 rings (SSSR count). The normalized spacial score (nSPS) is 10.4. The van der Waals surface area contributed by atoms with Crippen molar-refractivity contribution < 1.29 is 0 Å². The van der Waals surface area contributed by atoms with Gasteiger partial charge < -0.3 is 5.32 Å². The molecule has 0 aliphatic rings. The summed E-state index contributed by atoms with van der Waals surface area (Å²) in [6.07, 6.45) is 3.89. The average molecular weight is 218 g/mol. The lowest BCUT2D eigenvalue weighted by molar-refractivity contribution is 0.730. The second-order valence-electron chi connectivity index (χ2n) is 2.39. The number of hydrogen-bond acceptors (Lipinski definition) is 2. The number of nitrogens with zero attached hydrogens (tertiary/aromatic N) is 2. The minimum absolute atomic E-state index is 0.902. The molecule has 0 amide bonds. The van der Waals surface area contributed by atoms with Crippen molar-refractivity contribution in [3.63, 3.8) is 0 Å². The van der Waals surface area contributed by atoms with E-state index in [4.69, 9.17) is 0 Å². The highest BCUT2D eigenvalue weighted by Crippen LogP contribution is 1.94. The number of halogens is 1. The molecule has 0 radical (unpaired) electrons. The first kappa shape index (κ1) is 8.74. The largest absolute Gasteiger partial charge is 0.312 e. The molecule has 3 nitrogen and oxygen atoms in total. The zero-order chi connectivity index (χ0) is 8.10. The van der Waals surface area contributed by atoms with Gasteiger partial charge in [0.05, 0.1) is 6.20 Å². The Labute approximate surface area is 74.9 Å². The summed E-state index contributed by atoms with van der Waals surface area (Å²) in [5.74, 6) is 0. The van der Waals surface area contributed by atoms with Crippen molar-refractivity contribution in [2.24, 2.45) is 7.05 Å². The monoisotopic (exact) mass is 217 g/mol. The van der Waals surface area contributed by atoms with Crippen LogP contribution in [0.3, 0.4) is 0 Å². The van der Waals surface area contributed by atoms with E-state index in [2.05, 4.69) is 26.3 Å². The Balaban J connectivity index is 2.27. The molecular weight excluding hydrogens is 206 g/mol. The molecule has 62 valence electrons. The van der Waals surface area contributed by atoms with Crippen LogP contribution >= 0.6 is 15.9 Å². The standard InChI is InChI=1S/C7H12BrN3/c1-11-6-7(5-10-11)4-9-3-2-8/h5-6,9H,2-4H2,1H3. The van der Waals surface area contributed by atoms with Gasteiger partial charge in [0.2, 0.25) is 0 Å². The second kappa shape index (κ2) is 4.51. The summed E-state index contributed by atoms with van der Waals surface area (Å²) in [6, 6.07) is 0. The first-order chi connectivity index (χ1) is 5.33. The van der Waals surface area contributed by atoms with Gasteiger partial charge in [-0.25, -0.2) is 0 Å². The van der Waals surface area contributed by atoms with Crippen molar-refractivity contribution in [1.29, 1.82) is 0 Å². The van der Waals surface area contributed by atoms with Gasteiger partial charge in [0.25, 0.3) is 0 Å². The van der Waals surface area contributed by atoms with Crippen molar-refractivity contribution in [2.75, 3.05) is 11.9 Å². The summed E-state index contributed by atoms with van der Waals surface area (Å²) in [4.78, 5) is 0. The molecule has 1 aromatic rings. The van der Waals surface area contributed by atoms with Crippen molar-refractivity contribution in [2.45, 2.75) is 6.54 Å². The Morgan fingerprint density at radius 3 is 3.09 bits per heavy atom. The molecule has 0 atom stereocenters. The lowest BCUT2D eigenvalue weighted by Crippen LogP contribution is -2.14. The van der Waals surface area contributed by atoms with Gasteiger partial charge in [0.1, 0.15) is 0 Å². The third-order valence-electron chi connectivity index (χ3n) is 1.36. The van der Waals surface area contributed by atoms with Crippen molar-refractivity contribution in [3.05, 3.63) is 18.0 Å². The highest BCUT2D eigenvalue weighted by molar-refractivity contribution is 9.09. The summed E-state index contributed by atoms with van der Waals surface area (Å²) in [5.41, 5.74) is 1.23. The van der Waals surface area contributed by atoms with E-state index in [0.717, 1.165) is 18.4 Å². The minimum Gasteiger partial charge on any atom is -0.312 e. The number of alkyl halides is 1. The molecule has 0 unspecified atom stereocenters. The number of rotatable bonds is 4. The summed E-state index contributed by atoms with van der Waals surface area (Å²) >= 11 is 3.34. The van der Waals surface area contributed by atoms with Crippen LogP contribution in [0.4, 0.5) is 0 Å². The van der Waals surface area contributed by atoms with E-state index >= 15 is 0 Å². The van der Waals surface area contributed by atoms with Gasteiger partial charge in [-0.05, 0) is 0 Å². The number of aryl methyl sites for hydroxylation is 1. The lowest BCUT2D eigenvalue weighted by atomic mass is 10.4. The van der Waals surface area contributed by atoms with E-state index < -0.39 is 0 Å². The molecule has 0 bridgehead atoms. The highest BCUT2D eigenvalue weighted by atomic mass is 79.9. The topological polar surface area (TPSA) is 29.9 Å². The van der Waals surface area contributed by atoms with Gasteiger partial charge in [-0.15, -0.1) is 0 Å². The molecule has 4 heteroatoms. The summed E-state index contributed by atoms with van der Waals surface area (Å²) in [7, 11) is 1.92. The first-order valence-electron chi connectivity index (χ1n) is 3.57. The fourth-order valence-corrected chi connectivity index (χ4v) is 1.14. The van der Waals surface area contributed by atoms with Crippen LogP contribution < -0.4 is 5.32 Å². The van der Waals surface area contributed by atoms with E-state index in [-0.39, 0.29) is 0 Å². The van der Waals surface area contributed by atoms with E-state index in [1.54, 1.807) is 0 Å². The predicted molar refractivity (Wildman–Crippen MR) is 48.7 cm³/mol. The highest BCUT2D eigenvalue weighted by Gasteiger charge is 1.93. The Bertz CT molecular complexity index is 209. The quantitative estimate of drug-likeness (QED) is 0.601. The smallest absolute Gasteiger partial charge is 0.0534 e.